The summed E-state index contributed by atoms with van der Waals surface area (Å²) in [6.45, 7) is 7.28. The molecule has 0 aliphatic heterocycles. The van der Waals surface area contributed by atoms with E-state index in [-0.39, 0.29) is 29.8 Å². The molecule has 13 heteroatoms. The summed E-state index contributed by atoms with van der Waals surface area (Å²) >= 11 is 0. The Balaban J connectivity index is 1.57. The molecule has 12 nitrogen and oxygen atoms in total. The summed E-state index contributed by atoms with van der Waals surface area (Å²) in [6.07, 6.45) is 0.0773. The van der Waals surface area contributed by atoms with Crippen LogP contribution in [0.3, 0.4) is 0 Å². The van der Waals surface area contributed by atoms with Gasteiger partial charge < -0.3 is 37.9 Å². The Morgan fingerprint density at radius 1 is 0.722 bits per heavy atom. The fourth-order valence-electron chi connectivity index (χ4n) is 5.98. The van der Waals surface area contributed by atoms with Gasteiger partial charge in [-0.3, -0.25) is 9.59 Å². The Morgan fingerprint density at radius 2 is 1.31 bits per heavy atom. The summed E-state index contributed by atoms with van der Waals surface area (Å²) in [4.78, 5) is 54.4. The molecule has 0 aromatic heterocycles. The average molecular weight is 758 g/mol. The predicted octanol–water partition coefficient (Wildman–Crippen LogP) is 6.39. The lowest BCUT2D eigenvalue weighted by atomic mass is 9.75. The van der Waals surface area contributed by atoms with E-state index in [9.17, 15) is 24.3 Å². The number of methoxy groups -OCH3 is 1. The van der Waals surface area contributed by atoms with Gasteiger partial charge in [0.25, 0.3) is 5.91 Å². The summed E-state index contributed by atoms with van der Waals surface area (Å²) < 4.78 is 34.5. The Kier molecular flexibility index (Phi) is 15.5. The third-order valence-corrected chi connectivity index (χ3v) is 11.7. The molecule has 4 aromatic carbocycles. The minimum Gasteiger partial charge on any atom is -0.493 e. The van der Waals surface area contributed by atoms with E-state index in [0.717, 1.165) is 5.56 Å². The SMILES string of the molecule is CCO[Si](CCCNC(=O)c1ccccc1C(=O)OC(=O)C(Cc1ccc(OC)c(OCc2ccccc2)c1)(C(=O)O)c1ccccc1)(OCC)OCC. The highest BCUT2D eigenvalue weighted by molar-refractivity contribution is 6.60. The number of aliphatic carboxylic acids is 1. The number of nitrogens with one attached hydrogen (secondary N) is 1. The zero-order chi connectivity index (χ0) is 39.0. The lowest BCUT2D eigenvalue weighted by molar-refractivity contribution is -0.158. The maximum atomic E-state index is 14.1. The molecule has 1 atom stereocenters. The number of benzene rings is 4. The number of carboxylic acids is 1. The Morgan fingerprint density at radius 3 is 1.91 bits per heavy atom. The van der Waals surface area contributed by atoms with E-state index in [4.69, 9.17) is 27.5 Å². The van der Waals surface area contributed by atoms with Crippen LogP contribution in [0.5, 0.6) is 11.5 Å². The van der Waals surface area contributed by atoms with E-state index < -0.39 is 44.5 Å². The van der Waals surface area contributed by atoms with Gasteiger partial charge in [-0.15, -0.1) is 0 Å². The number of carbonyl (C=O) groups is 4. The van der Waals surface area contributed by atoms with Crippen molar-refractivity contribution in [3.8, 4) is 11.5 Å². The minimum atomic E-state index is -2.93. The van der Waals surface area contributed by atoms with Crippen molar-refractivity contribution in [2.24, 2.45) is 0 Å². The summed E-state index contributed by atoms with van der Waals surface area (Å²) in [5.41, 5.74) is -1.22. The van der Waals surface area contributed by atoms with Crippen LogP contribution in [0.15, 0.2) is 103 Å². The van der Waals surface area contributed by atoms with Crippen LogP contribution in [-0.4, -0.2) is 71.2 Å². The first-order valence-corrected chi connectivity index (χ1v) is 19.7. The lowest BCUT2D eigenvalue weighted by Crippen LogP contribution is -2.47. The second-order valence-corrected chi connectivity index (χ2v) is 14.8. The number of carboxylic acid groups (broad SMARTS) is 1. The predicted molar refractivity (Wildman–Crippen MR) is 202 cm³/mol. The molecule has 4 aromatic rings. The van der Waals surface area contributed by atoms with Gasteiger partial charge in [-0.05, 0) is 68.1 Å². The second kappa shape index (κ2) is 20.2. The van der Waals surface area contributed by atoms with Crippen LogP contribution in [0.2, 0.25) is 6.04 Å². The molecular formula is C41H47NO11Si. The van der Waals surface area contributed by atoms with Gasteiger partial charge in [0.1, 0.15) is 6.61 Å². The molecule has 286 valence electrons. The maximum absolute atomic E-state index is 14.1. The highest BCUT2D eigenvalue weighted by Crippen LogP contribution is 2.35. The number of ether oxygens (including phenoxy) is 3. The van der Waals surface area contributed by atoms with Crippen LogP contribution in [0.4, 0.5) is 0 Å². The highest BCUT2D eigenvalue weighted by atomic mass is 28.4. The second-order valence-electron chi connectivity index (χ2n) is 12.1. The van der Waals surface area contributed by atoms with Crippen molar-refractivity contribution in [2.45, 2.75) is 51.7 Å². The Bertz CT molecular complexity index is 1840. The Hall–Kier alpha value is -5.34. The molecule has 0 radical (unpaired) electrons. The van der Waals surface area contributed by atoms with Gasteiger partial charge in [-0.1, -0.05) is 78.9 Å². The first-order valence-electron chi connectivity index (χ1n) is 17.8. The molecule has 0 bridgehead atoms. The van der Waals surface area contributed by atoms with Crippen LogP contribution in [-0.2, 0) is 46.0 Å². The lowest BCUT2D eigenvalue weighted by Gasteiger charge is -2.28. The number of carbonyl (C=O) groups excluding carboxylic acids is 3. The molecule has 0 saturated heterocycles. The van der Waals surface area contributed by atoms with Crippen molar-refractivity contribution in [1.29, 1.82) is 0 Å². The summed E-state index contributed by atoms with van der Waals surface area (Å²) in [5.74, 6) is -3.89. The van der Waals surface area contributed by atoms with Crippen LogP contribution in [0.25, 0.3) is 0 Å². The molecule has 0 saturated carbocycles. The summed E-state index contributed by atoms with van der Waals surface area (Å²) in [5, 5.41) is 13.6. The molecule has 0 aliphatic carbocycles. The number of rotatable bonds is 21. The van der Waals surface area contributed by atoms with Crippen LogP contribution in [0, 0.1) is 0 Å². The zero-order valence-electron chi connectivity index (χ0n) is 31.0. The Labute approximate surface area is 316 Å². The third kappa shape index (κ3) is 10.4. The molecule has 1 amide bonds. The van der Waals surface area contributed by atoms with E-state index in [2.05, 4.69) is 5.32 Å². The molecule has 2 N–H and O–H groups in total. The van der Waals surface area contributed by atoms with Crippen molar-refractivity contribution in [3.05, 3.63) is 131 Å². The number of hydrogen-bond acceptors (Lipinski definition) is 10. The molecular weight excluding hydrogens is 711 g/mol. The highest BCUT2D eigenvalue weighted by Gasteiger charge is 2.51. The fraction of sp³-hybridized carbons (Fsp3) is 0.317. The standard InChI is InChI=1S/C41H47NO11Si/c1-5-50-54(51-6-2,52-7-3)26-16-25-42-37(43)33-21-14-15-22-34(33)38(44)53-40(47)41(39(45)46,32-19-12-9-13-20-32)28-31-23-24-35(48-4)36(27-31)49-29-30-17-10-8-11-18-30/h8-15,17-24,27H,5-7,16,25-26,28-29H2,1-4H3,(H,42,43)(H,45,46). The molecule has 0 heterocycles. The zero-order valence-corrected chi connectivity index (χ0v) is 32.0. The number of hydrogen-bond donors (Lipinski definition) is 2. The van der Waals surface area contributed by atoms with Gasteiger partial charge in [-0.2, -0.15) is 0 Å². The quantitative estimate of drug-likeness (QED) is 0.0420. The topological polar surface area (TPSA) is 156 Å². The van der Waals surface area contributed by atoms with E-state index in [1.807, 2.05) is 51.1 Å². The van der Waals surface area contributed by atoms with Crippen molar-refractivity contribution in [1.82, 2.24) is 5.32 Å². The largest absolute Gasteiger partial charge is 0.500 e. The van der Waals surface area contributed by atoms with E-state index >= 15 is 0 Å². The van der Waals surface area contributed by atoms with Crippen molar-refractivity contribution >= 4 is 32.6 Å². The maximum Gasteiger partial charge on any atom is 0.500 e. The molecule has 54 heavy (non-hydrogen) atoms. The molecule has 0 spiro atoms. The van der Waals surface area contributed by atoms with Gasteiger partial charge in [0.05, 0.1) is 18.2 Å². The summed E-state index contributed by atoms with van der Waals surface area (Å²) in [7, 11) is -1.45. The molecule has 0 fully saturated rings. The van der Waals surface area contributed by atoms with Crippen LogP contribution >= 0.6 is 0 Å². The van der Waals surface area contributed by atoms with Gasteiger partial charge in [-0.25, -0.2) is 9.59 Å². The van der Waals surface area contributed by atoms with Crippen LogP contribution in [0.1, 0.15) is 64.6 Å². The first kappa shape index (κ1) is 41.4. The smallest absolute Gasteiger partial charge is 0.493 e. The van der Waals surface area contributed by atoms with E-state index in [1.54, 1.807) is 42.5 Å². The van der Waals surface area contributed by atoms with Crippen molar-refractivity contribution < 1.29 is 51.8 Å². The fourth-order valence-corrected chi connectivity index (χ4v) is 8.59. The molecule has 0 aliphatic rings. The monoisotopic (exact) mass is 757 g/mol. The van der Waals surface area contributed by atoms with Gasteiger partial charge in [0, 0.05) is 38.8 Å². The number of esters is 2. The van der Waals surface area contributed by atoms with Crippen molar-refractivity contribution in [2.75, 3.05) is 33.5 Å². The van der Waals surface area contributed by atoms with E-state index in [0.29, 0.717) is 49.3 Å². The minimum absolute atomic E-state index is 0.0470. The van der Waals surface area contributed by atoms with E-state index in [1.165, 1.54) is 37.4 Å². The molecule has 4 rings (SSSR count). The average Bonchev–Trinajstić information content (AvgIpc) is 3.18. The third-order valence-electron chi connectivity index (χ3n) is 8.53. The summed E-state index contributed by atoms with van der Waals surface area (Å²) in [6, 6.07) is 28.4. The van der Waals surface area contributed by atoms with Gasteiger partial charge >= 0.3 is 26.7 Å². The van der Waals surface area contributed by atoms with Gasteiger partial charge in [0.2, 0.25) is 0 Å². The van der Waals surface area contributed by atoms with Crippen molar-refractivity contribution in [3.63, 3.8) is 0 Å². The van der Waals surface area contributed by atoms with Gasteiger partial charge in [0.15, 0.2) is 16.9 Å². The molecule has 1 unspecified atom stereocenters. The normalized spacial score (nSPS) is 12.3. The first-order chi connectivity index (χ1) is 26.1. The number of amides is 1. The van der Waals surface area contributed by atoms with Crippen LogP contribution < -0.4 is 14.8 Å².